The Morgan fingerprint density at radius 3 is 2.56 bits per heavy atom. The van der Waals surface area contributed by atoms with E-state index in [0.717, 1.165) is 0 Å². The van der Waals surface area contributed by atoms with Crippen LogP contribution in [-0.4, -0.2) is 9.78 Å². The van der Waals surface area contributed by atoms with Crippen LogP contribution in [0.1, 0.15) is 5.56 Å². The minimum absolute atomic E-state index is 0.0609. The highest BCUT2D eigenvalue weighted by molar-refractivity contribution is 6.35. The summed E-state index contributed by atoms with van der Waals surface area (Å²) in [6.45, 7) is 0.445. The standard InChI is InChI=1S/C11H10Cl2N2O/c12-9-5-8(11(16)10(13)6-9)7-14-15-3-1-2-4-15/h1-6,14,16H,7H2. The van der Waals surface area contributed by atoms with E-state index in [4.69, 9.17) is 23.2 Å². The fourth-order valence-corrected chi connectivity index (χ4v) is 1.91. The number of benzene rings is 1. The second-order valence-corrected chi connectivity index (χ2v) is 4.16. The van der Waals surface area contributed by atoms with Gasteiger partial charge in [0.05, 0.1) is 11.6 Å². The summed E-state index contributed by atoms with van der Waals surface area (Å²) in [4.78, 5) is 0. The van der Waals surface area contributed by atoms with Crippen molar-refractivity contribution >= 4 is 23.2 Å². The summed E-state index contributed by atoms with van der Waals surface area (Å²) < 4.78 is 1.79. The van der Waals surface area contributed by atoms with Crippen LogP contribution in [0.15, 0.2) is 36.7 Å². The van der Waals surface area contributed by atoms with Crippen molar-refractivity contribution in [1.82, 2.24) is 4.68 Å². The van der Waals surface area contributed by atoms with Crippen LogP contribution in [0, 0.1) is 0 Å². The molecule has 0 aliphatic carbocycles. The molecule has 0 spiro atoms. The average molecular weight is 257 g/mol. The van der Waals surface area contributed by atoms with E-state index in [1.165, 1.54) is 6.07 Å². The first-order valence-corrected chi connectivity index (χ1v) is 5.46. The highest BCUT2D eigenvalue weighted by Crippen LogP contribution is 2.31. The topological polar surface area (TPSA) is 37.2 Å². The first-order valence-electron chi connectivity index (χ1n) is 4.70. The number of phenols is 1. The maximum atomic E-state index is 9.71. The van der Waals surface area contributed by atoms with Gasteiger partial charge in [-0.2, -0.15) is 0 Å². The number of nitrogens with zero attached hydrogens (tertiary/aromatic N) is 1. The molecule has 0 unspecified atom stereocenters. The lowest BCUT2D eigenvalue weighted by Gasteiger charge is -2.10. The summed E-state index contributed by atoms with van der Waals surface area (Å²) in [6.07, 6.45) is 3.73. The molecule has 0 radical (unpaired) electrons. The average Bonchev–Trinajstić information content (AvgIpc) is 2.74. The van der Waals surface area contributed by atoms with Crippen LogP contribution in [0.4, 0.5) is 0 Å². The van der Waals surface area contributed by atoms with Crippen molar-refractivity contribution < 1.29 is 5.11 Å². The number of hydrogen-bond acceptors (Lipinski definition) is 2. The van der Waals surface area contributed by atoms with Crippen LogP contribution in [0.2, 0.25) is 10.0 Å². The number of rotatable bonds is 3. The van der Waals surface area contributed by atoms with Crippen molar-refractivity contribution in [2.75, 3.05) is 5.43 Å². The normalized spacial score (nSPS) is 10.4. The highest BCUT2D eigenvalue weighted by atomic mass is 35.5. The van der Waals surface area contributed by atoms with Gasteiger partial charge in [0.15, 0.2) is 0 Å². The largest absolute Gasteiger partial charge is 0.506 e. The first-order chi connectivity index (χ1) is 7.66. The number of aromatic nitrogens is 1. The molecule has 2 aromatic rings. The van der Waals surface area contributed by atoms with E-state index in [0.29, 0.717) is 17.1 Å². The molecule has 1 aromatic carbocycles. The van der Waals surface area contributed by atoms with Gasteiger partial charge in [0.2, 0.25) is 0 Å². The Hall–Kier alpha value is -1.32. The minimum Gasteiger partial charge on any atom is -0.506 e. The van der Waals surface area contributed by atoms with E-state index in [-0.39, 0.29) is 10.8 Å². The van der Waals surface area contributed by atoms with Gasteiger partial charge in [0, 0.05) is 23.0 Å². The molecule has 0 atom stereocenters. The molecule has 1 heterocycles. The molecule has 5 heteroatoms. The maximum absolute atomic E-state index is 9.71. The SMILES string of the molecule is Oc1c(Cl)cc(Cl)cc1CNn1cccc1. The Labute approximate surface area is 103 Å². The number of hydrogen-bond donors (Lipinski definition) is 2. The molecule has 2 N–H and O–H groups in total. The predicted octanol–water partition coefficient (Wildman–Crippen LogP) is 3.24. The summed E-state index contributed by atoms with van der Waals surface area (Å²) in [5.74, 6) is 0.0609. The number of aromatic hydroxyl groups is 1. The van der Waals surface area contributed by atoms with Gasteiger partial charge in [-0.1, -0.05) is 23.2 Å². The van der Waals surface area contributed by atoms with Crippen molar-refractivity contribution in [3.05, 3.63) is 52.3 Å². The maximum Gasteiger partial charge on any atom is 0.139 e. The molecular weight excluding hydrogens is 247 g/mol. The molecule has 1 aromatic heterocycles. The van der Waals surface area contributed by atoms with Crippen LogP contribution >= 0.6 is 23.2 Å². The van der Waals surface area contributed by atoms with Crippen LogP contribution < -0.4 is 5.43 Å². The lowest BCUT2D eigenvalue weighted by atomic mass is 10.2. The van der Waals surface area contributed by atoms with Crippen molar-refractivity contribution in [2.45, 2.75) is 6.54 Å². The van der Waals surface area contributed by atoms with Crippen LogP contribution in [0.25, 0.3) is 0 Å². The van der Waals surface area contributed by atoms with E-state index in [9.17, 15) is 5.11 Å². The smallest absolute Gasteiger partial charge is 0.139 e. The van der Waals surface area contributed by atoms with Gasteiger partial charge in [-0.25, -0.2) is 0 Å². The fraction of sp³-hybridized carbons (Fsp3) is 0.0909. The van der Waals surface area contributed by atoms with Crippen LogP contribution in [0.5, 0.6) is 5.75 Å². The Kier molecular flexibility index (Phi) is 3.27. The third-order valence-electron chi connectivity index (χ3n) is 2.16. The number of halogens is 2. The zero-order valence-corrected chi connectivity index (χ0v) is 9.83. The molecule has 2 rings (SSSR count). The van der Waals surface area contributed by atoms with E-state index >= 15 is 0 Å². The lowest BCUT2D eigenvalue weighted by Crippen LogP contribution is -2.11. The van der Waals surface area contributed by atoms with Crippen molar-refractivity contribution in [1.29, 1.82) is 0 Å². The molecule has 16 heavy (non-hydrogen) atoms. The third-order valence-corrected chi connectivity index (χ3v) is 2.67. The number of nitrogens with one attached hydrogen (secondary N) is 1. The Bertz CT molecular complexity index is 483. The monoisotopic (exact) mass is 256 g/mol. The van der Waals surface area contributed by atoms with Crippen molar-refractivity contribution in [2.24, 2.45) is 0 Å². The second kappa shape index (κ2) is 4.68. The van der Waals surface area contributed by atoms with Gasteiger partial charge >= 0.3 is 0 Å². The molecule has 3 nitrogen and oxygen atoms in total. The summed E-state index contributed by atoms with van der Waals surface area (Å²) in [6, 6.07) is 6.99. The number of phenolic OH excluding ortho intramolecular Hbond substituents is 1. The van der Waals surface area contributed by atoms with Gasteiger partial charge in [0.25, 0.3) is 0 Å². The van der Waals surface area contributed by atoms with Gasteiger partial charge in [-0.3, -0.25) is 4.68 Å². The Balaban J connectivity index is 2.15. The van der Waals surface area contributed by atoms with Gasteiger partial charge < -0.3 is 10.5 Å². The van der Waals surface area contributed by atoms with Crippen LogP contribution in [0.3, 0.4) is 0 Å². The van der Waals surface area contributed by atoms with E-state index in [1.807, 2.05) is 24.5 Å². The molecule has 0 aliphatic heterocycles. The lowest BCUT2D eigenvalue weighted by molar-refractivity contribution is 0.468. The highest BCUT2D eigenvalue weighted by Gasteiger charge is 2.07. The second-order valence-electron chi connectivity index (χ2n) is 3.32. The Morgan fingerprint density at radius 2 is 1.88 bits per heavy atom. The molecule has 0 saturated carbocycles. The summed E-state index contributed by atoms with van der Waals surface area (Å²) in [5, 5.41) is 10.5. The van der Waals surface area contributed by atoms with Crippen LogP contribution in [-0.2, 0) is 6.54 Å². The van der Waals surface area contributed by atoms with Gasteiger partial charge in [-0.05, 0) is 24.3 Å². The molecule has 0 bridgehead atoms. The predicted molar refractivity (Wildman–Crippen MR) is 65.6 cm³/mol. The quantitative estimate of drug-likeness (QED) is 0.885. The minimum atomic E-state index is 0.0609. The Morgan fingerprint density at radius 1 is 1.19 bits per heavy atom. The fourth-order valence-electron chi connectivity index (χ4n) is 1.37. The molecule has 0 amide bonds. The van der Waals surface area contributed by atoms with Crippen molar-refractivity contribution in [3.63, 3.8) is 0 Å². The third kappa shape index (κ3) is 2.43. The van der Waals surface area contributed by atoms with Crippen molar-refractivity contribution in [3.8, 4) is 5.75 Å². The first kappa shape index (κ1) is 11.2. The summed E-state index contributed by atoms with van der Waals surface area (Å²) in [7, 11) is 0. The zero-order chi connectivity index (χ0) is 11.5. The molecule has 84 valence electrons. The van der Waals surface area contributed by atoms with E-state index < -0.39 is 0 Å². The summed E-state index contributed by atoms with van der Waals surface area (Å²) in [5.41, 5.74) is 3.73. The van der Waals surface area contributed by atoms with Gasteiger partial charge in [0.1, 0.15) is 5.75 Å². The van der Waals surface area contributed by atoms with E-state index in [1.54, 1.807) is 10.7 Å². The molecular formula is C11H10Cl2N2O. The van der Waals surface area contributed by atoms with E-state index in [2.05, 4.69) is 5.43 Å². The zero-order valence-electron chi connectivity index (χ0n) is 8.32. The summed E-state index contributed by atoms with van der Waals surface area (Å²) >= 11 is 11.7. The molecule has 0 aliphatic rings. The molecule has 0 saturated heterocycles. The van der Waals surface area contributed by atoms with Gasteiger partial charge in [-0.15, -0.1) is 0 Å². The molecule has 0 fully saturated rings.